The Labute approximate surface area is 33.6 Å². The van der Waals surface area contributed by atoms with Crippen molar-refractivity contribution >= 4 is 12.9 Å². The molecule has 0 aromatic heterocycles. The van der Waals surface area contributed by atoms with Crippen molar-refractivity contribution in [3.05, 3.63) is 0 Å². The van der Waals surface area contributed by atoms with E-state index in [1.54, 1.807) is 0 Å². The first-order valence-corrected chi connectivity index (χ1v) is 0.864. The van der Waals surface area contributed by atoms with E-state index in [0.717, 1.165) is 0 Å². The van der Waals surface area contributed by atoms with Crippen LogP contribution in [-0.2, 0) is 14.2 Å². The van der Waals surface area contributed by atoms with Crippen LogP contribution in [0, 0.1) is 0 Å². The molecule has 0 heterocycles. The van der Waals surface area contributed by atoms with E-state index in [0.29, 0.717) is 0 Å². The summed E-state index contributed by atoms with van der Waals surface area (Å²) >= 11 is 0. The topological polar surface area (TPSA) is 68.5 Å². The van der Waals surface area contributed by atoms with E-state index in [1.165, 1.54) is 0 Å². The van der Waals surface area contributed by atoms with Crippen LogP contribution in [-0.4, -0.2) is 12.9 Å². The highest BCUT2D eigenvalue weighted by molar-refractivity contribution is 5.20. The van der Waals surface area contributed by atoms with E-state index in [-0.39, 0.29) is 6.15 Å². The van der Waals surface area contributed by atoms with Gasteiger partial charge < -0.3 is 5.26 Å². The largest absolute Gasteiger partial charge is 0.463 e. The molecule has 0 aliphatic carbocycles. The van der Waals surface area contributed by atoms with Gasteiger partial charge in [-0.2, -0.15) is 14.2 Å². The van der Waals surface area contributed by atoms with Crippen molar-refractivity contribution in [2.75, 3.05) is 0 Å². The zero-order valence-corrected chi connectivity index (χ0v) is 2.84. The minimum atomic E-state index is 0.250. The van der Waals surface area contributed by atoms with Gasteiger partial charge in [0.2, 0.25) is 0 Å². The highest BCUT2D eigenvalue weighted by Gasteiger charge is 1.13. The van der Waals surface area contributed by atoms with Crippen LogP contribution >= 0.6 is 0 Å². The molecule has 4 heteroatoms. The summed E-state index contributed by atoms with van der Waals surface area (Å²) in [5.74, 6) is 0. The van der Waals surface area contributed by atoms with Crippen molar-refractivity contribution in [1.29, 1.82) is 0 Å². The third kappa shape index (κ3) is 7.38. The molecule has 0 N–H and O–H groups in total. The first-order valence-electron chi connectivity index (χ1n) is 0.864. The van der Waals surface area contributed by atoms with Gasteiger partial charge in [-0.1, -0.05) is 0 Å². The second kappa shape index (κ2) is 43.3. The summed E-state index contributed by atoms with van der Waals surface area (Å²) in [6, 6.07) is 0. The Morgan fingerprint density at radius 1 is 1.67 bits per heavy atom. The molecule has 0 aliphatic rings. The van der Waals surface area contributed by atoms with Gasteiger partial charge in [-0.3, -0.25) is 0 Å². The highest BCUT2D eigenvalue weighted by Crippen LogP contribution is 0.809. The molecule has 0 saturated heterocycles. The Bertz CT molecular complexity index is 50.6. The number of carbonyl (C=O) groups excluding carboxylic acids is 3. The van der Waals surface area contributed by atoms with E-state index < -0.39 is 0 Å². The summed E-state index contributed by atoms with van der Waals surface area (Å²) in [5.41, 5.74) is 0. The molecule has 0 aromatic rings. The summed E-state index contributed by atoms with van der Waals surface area (Å²) in [6.07, 6.45) is 0.250. The van der Waals surface area contributed by atoms with Crippen LogP contribution in [0.1, 0.15) is 0 Å². The predicted molar refractivity (Wildman–Crippen MR) is 12.1 cm³/mol. The van der Waals surface area contributed by atoms with Crippen molar-refractivity contribution in [2.45, 2.75) is 0 Å². The molecule has 0 saturated carbocycles. The lowest BCUT2D eigenvalue weighted by Crippen LogP contribution is -1.89. The van der Waals surface area contributed by atoms with Crippen LogP contribution in [0.4, 0.5) is 0 Å². The molecule has 34 valence electrons. The minimum Gasteiger partial charge on any atom is -0.463 e. The fourth-order valence-corrected chi connectivity index (χ4v) is 0. The molecule has 0 bridgehead atoms. The second-order valence-corrected chi connectivity index (χ2v) is 0.201. The van der Waals surface area contributed by atoms with Crippen LogP contribution in [0.2, 0.25) is 0 Å². The molecule has 0 fully saturated rings. The Morgan fingerprint density at radius 2 is 1.67 bits per heavy atom. The molecule has 0 rings (SSSR count). The Kier molecular flexibility index (Phi) is 63.8. The second-order valence-electron chi connectivity index (χ2n) is 0.201. The van der Waals surface area contributed by atoms with Crippen LogP contribution < -0.4 is 5.26 Å². The first-order chi connectivity index (χ1) is 2.83. The monoisotopic (exact) mass is 90.0 g/mol. The fraction of sp³-hybridized carbons (Fsp3) is 0. The molecule has 0 unspecified atom stereocenters. The fourth-order valence-electron chi connectivity index (χ4n) is 0. The van der Waals surface area contributed by atoms with Crippen molar-refractivity contribution in [1.82, 2.24) is 0 Å². The summed E-state index contributed by atoms with van der Waals surface area (Å²) < 4.78 is 2.75. The lowest BCUT2D eigenvalue weighted by molar-refractivity contribution is -1.04. The van der Waals surface area contributed by atoms with Gasteiger partial charge in [0.15, 0.2) is 0 Å². The van der Waals surface area contributed by atoms with Crippen molar-refractivity contribution in [2.24, 2.45) is 0 Å². The molecule has 0 spiro atoms. The summed E-state index contributed by atoms with van der Waals surface area (Å²) in [6.45, 7) is 2.43. The van der Waals surface area contributed by atoms with Gasteiger partial charge in [-0.15, -0.1) is 0 Å². The zero-order chi connectivity index (χ0) is 5.41. The van der Waals surface area contributed by atoms with Gasteiger partial charge in [0.05, 0.1) is 0 Å². The standard InChI is InChI=1S/CH2O2.CO2/c1-3-2;2-1-3/h1H2;. The minimum absolute atomic E-state index is 0.250. The van der Waals surface area contributed by atoms with Gasteiger partial charge in [-0.25, -0.2) is 0 Å². The van der Waals surface area contributed by atoms with Crippen LogP contribution in [0.3, 0.4) is 0 Å². The van der Waals surface area contributed by atoms with Gasteiger partial charge in [0.25, 0.3) is 0 Å². The summed E-state index contributed by atoms with van der Waals surface area (Å²) in [7, 11) is 0. The van der Waals surface area contributed by atoms with Gasteiger partial charge >= 0.3 is 12.9 Å². The van der Waals surface area contributed by atoms with E-state index in [4.69, 9.17) is 14.8 Å². The van der Waals surface area contributed by atoms with Crippen LogP contribution in [0.5, 0.6) is 0 Å². The van der Waals surface area contributed by atoms with E-state index in [9.17, 15) is 0 Å². The van der Waals surface area contributed by atoms with E-state index in [1.807, 2.05) is 0 Å². The number of hydrogen-bond donors (Lipinski definition) is 0. The SMILES string of the molecule is C=[O+][O-].O=C=O. The Balaban J connectivity index is 0. The maximum atomic E-state index is 8.32. The van der Waals surface area contributed by atoms with E-state index in [2.05, 4.69) is 11.4 Å². The summed E-state index contributed by atoms with van der Waals surface area (Å²) in [5, 5.41) is 8.32. The molecule has 0 aliphatic heterocycles. The Hall–Kier alpha value is -1.15. The smallest absolute Gasteiger partial charge is 0.373 e. The van der Waals surface area contributed by atoms with Gasteiger partial charge in [0, 0.05) is 0 Å². The molecule has 0 amide bonds. The normalized spacial score (nSPS) is 3.33. The number of rotatable bonds is 0. The quantitative estimate of drug-likeness (QED) is 0.197. The van der Waals surface area contributed by atoms with Crippen LogP contribution in [0.25, 0.3) is 0 Å². The zero-order valence-electron chi connectivity index (χ0n) is 2.84. The molecule has 0 aromatic carbocycles. The number of hydrogen-bond acceptors (Lipinski definition) is 3. The van der Waals surface area contributed by atoms with Crippen LogP contribution in [0.15, 0.2) is 0 Å². The highest BCUT2D eigenvalue weighted by atomic mass is 17.0. The summed E-state index contributed by atoms with van der Waals surface area (Å²) in [4.78, 5) is 16.2. The lowest BCUT2D eigenvalue weighted by Gasteiger charge is -1.47. The average Bonchev–Trinajstić information content (AvgIpc) is 1.39. The molecule has 6 heavy (non-hydrogen) atoms. The lowest BCUT2D eigenvalue weighted by atomic mass is 11.8. The molecular formula is C2H2O4. The van der Waals surface area contributed by atoms with Gasteiger partial charge in [-0.05, 0) is 0 Å². The average molecular weight is 90.0 g/mol. The maximum Gasteiger partial charge on any atom is 0.373 e. The molecule has 0 radical (unpaired) electrons. The van der Waals surface area contributed by atoms with Gasteiger partial charge in [0.1, 0.15) is 0 Å². The molecule has 0 atom stereocenters. The maximum absolute atomic E-state index is 8.32. The Morgan fingerprint density at radius 3 is 1.67 bits per heavy atom. The first kappa shape index (κ1) is 8.85. The molecule has 4 nitrogen and oxygen atoms in total. The van der Waals surface area contributed by atoms with E-state index >= 15 is 0 Å². The molecular weight excluding hydrogens is 88.0 g/mol. The van der Waals surface area contributed by atoms with Crippen molar-refractivity contribution < 1.29 is 19.4 Å². The van der Waals surface area contributed by atoms with Crippen molar-refractivity contribution in [3.8, 4) is 0 Å². The third-order valence-electron chi connectivity index (χ3n) is 0. The van der Waals surface area contributed by atoms with Crippen molar-refractivity contribution in [3.63, 3.8) is 0 Å². The predicted octanol–water partition coefficient (Wildman–Crippen LogP) is -1.96. The third-order valence-corrected chi connectivity index (χ3v) is 0.